The van der Waals surface area contributed by atoms with Crippen LogP contribution in [-0.4, -0.2) is 49.1 Å². The number of rotatable bonds is 6. The van der Waals surface area contributed by atoms with Gasteiger partial charge in [-0.1, -0.05) is 6.92 Å². The van der Waals surface area contributed by atoms with Gasteiger partial charge in [-0.2, -0.15) is 11.8 Å². The van der Waals surface area contributed by atoms with E-state index < -0.39 is 0 Å². The van der Waals surface area contributed by atoms with Crippen LogP contribution < -0.4 is 5.32 Å². The van der Waals surface area contributed by atoms with Gasteiger partial charge in [-0.25, -0.2) is 0 Å². The average molecular weight is 202 g/mol. The van der Waals surface area contributed by atoms with Crippen molar-refractivity contribution in [3.63, 3.8) is 0 Å². The molecule has 78 valence electrons. The number of hydrogen-bond acceptors (Lipinski definition) is 3. The Balaban J connectivity index is 2.05. The molecule has 0 aliphatic carbocycles. The monoisotopic (exact) mass is 202 g/mol. The second-order valence-corrected chi connectivity index (χ2v) is 4.72. The predicted octanol–water partition coefficient (Wildman–Crippen LogP) is 1.42. The molecule has 1 aliphatic heterocycles. The van der Waals surface area contributed by atoms with Crippen LogP contribution in [0, 0.1) is 0 Å². The molecule has 1 fully saturated rings. The maximum absolute atomic E-state index is 3.59. The van der Waals surface area contributed by atoms with Gasteiger partial charge in [0.15, 0.2) is 0 Å². The van der Waals surface area contributed by atoms with Crippen molar-refractivity contribution in [1.82, 2.24) is 10.2 Å². The molecule has 0 aromatic rings. The molecule has 0 radical (unpaired) electrons. The lowest BCUT2D eigenvalue weighted by atomic mass is 10.2. The molecular weight excluding hydrogens is 180 g/mol. The van der Waals surface area contributed by atoms with E-state index >= 15 is 0 Å². The Kier molecular flexibility index (Phi) is 5.83. The van der Waals surface area contributed by atoms with Gasteiger partial charge in [-0.15, -0.1) is 0 Å². The largest absolute Gasteiger partial charge is 0.313 e. The first-order valence-corrected chi connectivity index (χ1v) is 6.71. The third kappa shape index (κ3) is 4.34. The standard InChI is InChI=1S/C10H22N2S/c1-3-5-11-10-4-6-12(9-10)7-8-13-2/h10-11H,3-9H2,1-2H3. The number of nitrogens with zero attached hydrogens (tertiary/aromatic N) is 1. The van der Waals surface area contributed by atoms with Gasteiger partial charge in [-0.05, 0) is 32.2 Å². The van der Waals surface area contributed by atoms with Crippen LogP contribution in [0.2, 0.25) is 0 Å². The van der Waals surface area contributed by atoms with E-state index in [2.05, 4.69) is 23.4 Å². The summed E-state index contributed by atoms with van der Waals surface area (Å²) in [5.41, 5.74) is 0. The molecule has 0 spiro atoms. The first-order chi connectivity index (χ1) is 6.36. The van der Waals surface area contributed by atoms with E-state index in [1.807, 2.05) is 11.8 Å². The Morgan fingerprint density at radius 2 is 2.38 bits per heavy atom. The van der Waals surface area contributed by atoms with E-state index in [9.17, 15) is 0 Å². The van der Waals surface area contributed by atoms with E-state index in [4.69, 9.17) is 0 Å². The lowest BCUT2D eigenvalue weighted by Gasteiger charge is -2.15. The van der Waals surface area contributed by atoms with Gasteiger partial charge in [0.05, 0.1) is 0 Å². The number of hydrogen-bond donors (Lipinski definition) is 1. The van der Waals surface area contributed by atoms with E-state index in [1.54, 1.807) is 0 Å². The number of likely N-dealkylation sites (tertiary alicyclic amines) is 1. The van der Waals surface area contributed by atoms with Crippen molar-refractivity contribution in [3.8, 4) is 0 Å². The summed E-state index contributed by atoms with van der Waals surface area (Å²) in [6, 6.07) is 0.766. The molecule has 1 N–H and O–H groups in total. The molecule has 0 saturated carbocycles. The van der Waals surface area contributed by atoms with Gasteiger partial charge in [0.2, 0.25) is 0 Å². The Bertz CT molecular complexity index is 116. The molecule has 0 amide bonds. The third-order valence-corrected chi connectivity index (χ3v) is 3.16. The summed E-state index contributed by atoms with van der Waals surface area (Å²) in [4.78, 5) is 2.57. The Labute approximate surface area is 86.5 Å². The van der Waals surface area contributed by atoms with Crippen molar-refractivity contribution in [3.05, 3.63) is 0 Å². The van der Waals surface area contributed by atoms with Gasteiger partial charge in [0, 0.05) is 24.9 Å². The fourth-order valence-electron chi connectivity index (χ4n) is 1.77. The third-order valence-electron chi connectivity index (χ3n) is 2.57. The molecule has 0 bridgehead atoms. The van der Waals surface area contributed by atoms with E-state index in [0.29, 0.717) is 0 Å². The maximum Gasteiger partial charge on any atom is 0.0207 e. The molecule has 1 aliphatic rings. The molecule has 13 heavy (non-hydrogen) atoms. The molecule has 0 aromatic heterocycles. The summed E-state index contributed by atoms with van der Waals surface area (Å²) < 4.78 is 0. The minimum absolute atomic E-state index is 0.766. The van der Waals surface area contributed by atoms with Gasteiger partial charge in [0.1, 0.15) is 0 Å². The highest BCUT2D eigenvalue weighted by Crippen LogP contribution is 2.09. The summed E-state index contributed by atoms with van der Waals surface area (Å²) in [7, 11) is 0. The normalized spacial score (nSPS) is 24.0. The topological polar surface area (TPSA) is 15.3 Å². The zero-order valence-corrected chi connectivity index (χ0v) is 9.70. The summed E-state index contributed by atoms with van der Waals surface area (Å²) in [6.45, 7) is 7.24. The van der Waals surface area contributed by atoms with Crippen LogP contribution in [0.3, 0.4) is 0 Å². The van der Waals surface area contributed by atoms with Gasteiger partial charge < -0.3 is 10.2 Å². The van der Waals surface area contributed by atoms with E-state index in [-0.39, 0.29) is 0 Å². The smallest absolute Gasteiger partial charge is 0.0207 e. The molecule has 1 saturated heterocycles. The van der Waals surface area contributed by atoms with Crippen LogP contribution in [0.4, 0.5) is 0 Å². The van der Waals surface area contributed by atoms with Crippen LogP contribution in [0.25, 0.3) is 0 Å². The van der Waals surface area contributed by atoms with Gasteiger partial charge in [0.25, 0.3) is 0 Å². The molecule has 2 nitrogen and oxygen atoms in total. The Morgan fingerprint density at radius 3 is 3.08 bits per heavy atom. The van der Waals surface area contributed by atoms with E-state index in [1.165, 1.54) is 44.8 Å². The minimum atomic E-state index is 0.766. The summed E-state index contributed by atoms with van der Waals surface area (Å²) in [5, 5.41) is 3.59. The molecule has 3 heteroatoms. The summed E-state index contributed by atoms with van der Waals surface area (Å²) in [5.74, 6) is 1.28. The van der Waals surface area contributed by atoms with Crippen LogP contribution in [0.1, 0.15) is 19.8 Å². The van der Waals surface area contributed by atoms with Crippen LogP contribution in [-0.2, 0) is 0 Å². The molecule has 1 atom stereocenters. The summed E-state index contributed by atoms with van der Waals surface area (Å²) in [6.07, 6.45) is 4.78. The van der Waals surface area contributed by atoms with Gasteiger partial charge >= 0.3 is 0 Å². The second-order valence-electron chi connectivity index (χ2n) is 3.73. The lowest BCUT2D eigenvalue weighted by Crippen LogP contribution is -2.33. The Morgan fingerprint density at radius 1 is 1.54 bits per heavy atom. The second kappa shape index (κ2) is 6.68. The molecule has 1 unspecified atom stereocenters. The fraction of sp³-hybridized carbons (Fsp3) is 1.00. The molecular formula is C10H22N2S. The van der Waals surface area contributed by atoms with Gasteiger partial charge in [-0.3, -0.25) is 0 Å². The molecule has 1 rings (SSSR count). The molecule has 1 heterocycles. The predicted molar refractivity (Wildman–Crippen MR) is 61.5 cm³/mol. The number of nitrogens with one attached hydrogen (secondary N) is 1. The first-order valence-electron chi connectivity index (χ1n) is 5.31. The van der Waals surface area contributed by atoms with Crippen molar-refractivity contribution in [2.75, 3.05) is 38.2 Å². The summed E-state index contributed by atoms with van der Waals surface area (Å²) >= 11 is 1.95. The van der Waals surface area contributed by atoms with Crippen molar-refractivity contribution >= 4 is 11.8 Å². The Hall–Kier alpha value is 0.270. The lowest BCUT2D eigenvalue weighted by molar-refractivity contribution is 0.348. The number of thioether (sulfide) groups is 1. The van der Waals surface area contributed by atoms with Crippen molar-refractivity contribution in [2.45, 2.75) is 25.8 Å². The van der Waals surface area contributed by atoms with Crippen molar-refractivity contribution in [1.29, 1.82) is 0 Å². The quantitative estimate of drug-likeness (QED) is 0.701. The highest BCUT2D eigenvalue weighted by atomic mass is 32.2. The SMILES string of the molecule is CCCNC1CCN(CCSC)C1. The highest BCUT2D eigenvalue weighted by Gasteiger charge is 2.20. The van der Waals surface area contributed by atoms with E-state index in [0.717, 1.165) is 6.04 Å². The van der Waals surface area contributed by atoms with Crippen LogP contribution >= 0.6 is 11.8 Å². The maximum atomic E-state index is 3.59. The first kappa shape index (κ1) is 11.3. The minimum Gasteiger partial charge on any atom is -0.313 e. The zero-order chi connectivity index (χ0) is 9.52. The average Bonchev–Trinajstić information content (AvgIpc) is 2.59. The zero-order valence-electron chi connectivity index (χ0n) is 8.88. The van der Waals surface area contributed by atoms with Crippen molar-refractivity contribution in [2.24, 2.45) is 0 Å². The van der Waals surface area contributed by atoms with Crippen molar-refractivity contribution < 1.29 is 0 Å². The highest BCUT2D eigenvalue weighted by molar-refractivity contribution is 7.98. The molecule has 0 aromatic carbocycles. The fourth-order valence-corrected chi connectivity index (χ4v) is 2.21. The van der Waals surface area contributed by atoms with Crippen LogP contribution in [0.15, 0.2) is 0 Å². The van der Waals surface area contributed by atoms with Crippen LogP contribution in [0.5, 0.6) is 0 Å².